The minimum Gasteiger partial charge on any atom is -0.382 e. The number of rotatable bonds is 5. The molecule has 0 spiro atoms. The predicted octanol–water partition coefficient (Wildman–Crippen LogP) is 1.22. The molecule has 0 rings (SSSR count). The first-order chi connectivity index (χ1) is 4.77. The van der Waals surface area contributed by atoms with E-state index in [9.17, 15) is 0 Å². The molecule has 2 nitrogen and oxygen atoms in total. The van der Waals surface area contributed by atoms with Crippen LogP contribution in [0.1, 0.15) is 13.3 Å². The molecule has 0 fully saturated rings. The molecule has 0 unspecified atom stereocenters. The van der Waals surface area contributed by atoms with E-state index in [0.29, 0.717) is 4.32 Å². The highest BCUT2D eigenvalue weighted by molar-refractivity contribution is 8.11. The van der Waals surface area contributed by atoms with Crippen LogP contribution in [0, 0.1) is 0 Å². The molecule has 1 N–H and O–H groups in total. The van der Waals surface area contributed by atoms with E-state index in [1.54, 1.807) is 0 Å². The van der Waals surface area contributed by atoms with Gasteiger partial charge in [-0.1, -0.05) is 12.2 Å². The second-order valence-electron chi connectivity index (χ2n) is 1.78. The molecule has 0 saturated heterocycles. The Labute approximate surface area is 72.7 Å². The lowest BCUT2D eigenvalue weighted by atomic mass is 10.4. The molecule has 0 amide bonds. The molecule has 0 atom stereocenters. The third-order valence-corrected chi connectivity index (χ3v) is 1.25. The molecule has 0 bridgehead atoms. The summed E-state index contributed by atoms with van der Waals surface area (Å²) in [7, 11) is 0. The average molecular weight is 179 g/mol. The SMILES string of the molecule is CCOCCCNC(=S)S. The van der Waals surface area contributed by atoms with Gasteiger partial charge in [0, 0.05) is 19.8 Å². The van der Waals surface area contributed by atoms with Crippen LogP contribution >= 0.6 is 24.8 Å². The fraction of sp³-hybridized carbons (Fsp3) is 0.833. The summed E-state index contributed by atoms with van der Waals surface area (Å²) in [5, 5.41) is 2.92. The monoisotopic (exact) mass is 179 g/mol. The van der Waals surface area contributed by atoms with Gasteiger partial charge in [0.15, 0.2) is 0 Å². The first-order valence-corrected chi connectivity index (χ1v) is 4.17. The van der Waals surface area contributed by atoms with Gasteiger partial charge in [-0.05, 0) is 13.3 Å². The van der Waals surface area contributed by atoms with Crippen molar-refractivity contribution in [1.29, 1.82) is 0 Å². The second-order valence-corrected chi connectivity index (χ2v) is 2.94. The Morgan fingerprint density at radius 3 is 2.90 bits per heavy atom. The number of hydrogen-bond donors (Lipinski definition) is 2. The number of hydrogen-bond acceptors (Lipinski definition) is 2. The number of thiocarbonyl (C=S) groups is 1. The molecule has 0 saturated carbocycles. The van der Waals surface area contributed by atoms with Crippen LogP contribution in [0.3, 0.4) is 0 Å². The maximum atomic E-state index is 5.11. The van der Waals surface area contributed by atoms with Gasteiger partial charge >= 0.3 is 0 Å². The number of thiol groups is 1. The Hall–Kier alpha value is 0.200. The van der Waals surface area contributed by atoms with Crippen molar-refractivity contribution in [2.24, 2.45) is 0 Å². The molecule has 60 valence electrons. The summed E-state index contributed by atoms with van der Waals surface area (Å²) in [4.78, 5) is 0. The summed E-state index contributed by atoms with van der Waals surface area (Å²) in [5.74, 6) is 0. The zero-order chi connectivity index (χ0) is 7.82. The molecular formula is C6H13NOS2. The largest absolute Gasteiger partial charge is 0.382 e. The summed E-state index contributed by atoms with van der Waals surface area (Å²) >= 11 is 8.59. The molecule has 0 aromatic carbocycles. The van der Waals surface area contributed by atoms with Gasteiger partial charge in [0.25, 0.3) is 0 Å². The average Bonchev–Trinajstić information content (AvgIpc) is 1.87. The third-order valence-electron chi connectivity index (χ3n) is 0.946. The lowest BCUT2D eigenvalue weighted by Crippen LogP contribution is -2.18. The molecule has 0 aliphatic rings. The molecule has 0 aromatic rings. The summed E-state index contributed by atoms with van der Waals surface area (Å²) in [6, 6.07) is 0. The standard InChI is InChI=1S/C6H13NOS2/c1-2-8-5-3-4-7-6(9)10/h2-5H2,1H3,(H2,7,9,10). The van der Waals surface area contributed by atoms with E-state index in [4.69, 9.17) is 4.74 Å². The van der Waals surface area contributed by atoms with Crippen LogP contribution in [0.5, 0.6) is 0 Å². The van der Waals surface area contributed by atoms with Gasteiger partial charge < -0.3 is 10.1 Å². The number of ether oxygens (including phenoxy) is 1. The lowest BCUT2D eigenvalue weighted by Gasteiger charge is -2.02. The zero-order valence-corrected chi connectivity index (χ0v) is 7.80. The van der Waals surface area contributed by atoms with E-state index in [1.807, 2.05) is 6.92 Å². The normalized spacial score (nSPS) is 9.40. The Bertz CT molecular complexity index is 97.7. The first kappa shape index (κ1) is 10.2. The lowest BCUT2D eigenvalue weighted by molar-refractivity contribution is 0.146. The van der Waals surface area contributed by atoms with Crippen molar-refractivity contribution in [2.75, 3.05) is 19.8 Å². The first-order valence-electron chi connectivity index (χ1n) is 3.32. The molecular weight excluding hydrogens is 166 g/mol. The van der Waals surface area contributed by atoms with Gasteiger partial charge in [-0.25, -0.2) is 0 Å². The van der Waals surface area contributed by atoms with Crippen LogP contribution in [0.2, 0.25) is 0 Å². The van der Waals surface area contributed by atoms with Crippen LogP contribution < -0.4 is 5.32 Å². The van der Waals surface area contributed by atoms with Gasteiger partial charge in [0.05, 0.1) is 0 Å². The number of nitrogens with one attached hydrogen (secondary N) is 1. The van der Waals surface area contributed by atoms with Crippen molar-refractivity contribution in [3.63, 3.8) is 0 Å². The quantitative estimate of drug-likeness (QED) is 0.376. The third kappa shape index (κ3) is 8.20. The fourth-order valence-electron chi connectivity index (χ4n) is 0.514. The second kappa shape index (κ2) is 7.31. The van der Waals surface area contributed by atoms with Crippen molar-refractivity contribution in [1.82, 2.24) is 5.32 Å². The van der Waals surface area contributed by atoms with Crippen LogP contribution in [-0.4, -0.2) is 24.1 Å². The minimum atomic E-state index is 0.552. The van der Waals surface area contributed by atoms with Gasteiger partial charge in [-0.15, -0.1) is 12.6 Å². The van der Waals surface area contributed by atoms with Crippen molar-refractivity contribution in [3.05, 3.63) is 0 Å². The molecule has 0 aliphatic carbocycles. The Morgan fingerprint density at radius 2 is 2.40 bits per heavy atom. The molecule has 10 heavy (non-hydrogen) atoms. The van der Waals surface area contributed by atoms with Crippen molar-refractivity contribution < 1.29 is 4.74 Å². The van der Waals surface area contributed by atoms with Crippen LogP contribution in [0.25, 0.3) is 0 Å². The summed E-state index contributed by atoms with van der Waals surface area (Å²) in [5.41, 5.74) is 0. The predicted molar refractivity (Wildman–Crippen MR) is 50.7 cm³/mol. The van der Waals surface area contributed by atoms with Gasteiger partial charge in [0.2, 0.25) is 0 Å². The van der Waals surface area contributed by atoms with E-state index >= 15 is 0 Å². The fourth-order valence-corrected chi connectivity index (χ4v) is 0.728. The van der Waals surface area contributed by atoms with Crippen LogP contribution in [0.4, 0.5) is 0 Å². The van der Waals surface area contributed by atoms with Crippen LogP contribution in [0.15, 0.2) is 0 Å². The molecule has 0 aromatic heterocycles. The molecule has 0 radical (unpaired) electrons. The van der Waals surface area contributed by atoms with Gasteiger partial charge in [-0.3, -0.25) is 0 Å². The topological polar surface area (TPSA) is 21.3 Å². The summed E-state index contributed by atoms with van der Waals surface area (Å²) in [6.07, 6.45) is 0.981. The highest BCUT2D eigenvalue weighted by atomic mass is 32.1. The Morgan fingerprint density at radius 1 is 1.70 bits per heavy atom. The summed E-state index contributed by atoms with van der Waals surface area (Å²) < 4.78 is 5.66. The van der Waals surface area contributed by atoms with Crippen molar-refractivity contribution in [2.45, 2.75) is 13.3 Å². The smallest absolute Gasteiger partial charge is 0.130 e. The highest BCUT2D eigenvalue weighted by Gasteiger charge is 1.87. The van der Waals surface area contributed by atoms with E-state index in [1.165, 1.54) is 0 Å². The molecule has 4 heteroatoms. The summed E-state index contributed by atoms with van der Waals surface area (Å²) in [6.45, 7) is 4.41. The molecule has 0 heterocycles. The van der Waals surface area contributed by atoms with E-state index in [2.05, 4.69) is 30.2 Å². The van der Waals surface area contributed by atoms with E-state index in [-0.39, 0.29) is 0 Å². The minimum absolute atomic E-state index is 0.552. The van der Waals surface area contributed by atoms with Gasteiger partial charge in [-0.2, -0.15) is 0 Å². The van der Waals surface area contributed by atoms with Gasteiger partial charge in [0.1, 0.15) is 4.32 Å². The Balaban J connectivity index is 2.84. The Kier molecular flexibility index (Phi) is 7.45. The zero-order valence-electron chi connectivity index (χ0n) is 6.09. The van der Waals surface area contributed by atoms with E-state index in [0.717, 1.165) is 26.2 Å². The van der Waals surface area contributed by atoms with Crippen molar-refractivity contribution in [3.8, 4) is 0 Å². The molecule has 0 aliphatic heterocycles. The maximum Gasteiger partial charge on any atom is 0.130 e. The highest BCUT2D eigenvalue weighted by Crippen LogP contribution is 1.82. The van der Waals surface area contributed by atoms with Crippen LogP contribution in [-0.2, 0) is 4.74 Å². The van der Waals surface area contributed by atoms with Crippen molar-refractivity contribution >= 4 is 29.2 Å². The van der Waals surface area contributed by atoms with E-state index < -0.39 is 0 Å². The maximum absolute atomic E-state index is 5.11.